The van der Waals surface area contributed by atoms with E-state index in [0.717, 1.165) is 0 Å². The molecule has 2 N–H and O–H groups in total. The zero-order chi connectivity index (χ0) is 9.56. The summed E-state index contributed by atoms with van der Waals surface area (Å²) in [4.78, 5) is 21.0. The lowest BCUT2D eigenvalue weighted by Crippen LogP contribution is -2.31. The zero-order valence-corrected chi connectivity index (χ0v) is 8.11. The van der Waals surface area contributed by atoms with Gasteiger partial charge in [0.2, 0.25) is 0 Å². The number of carboxylic acids is 1. The van der Waals surface area contributed by atoms with Gasteiger partial charge in [-0.05, 0) is 10.9 Å². The van der Waals surface area contributed by atoms with E-state index in [4.69, 9.17) is 5.11 Å². The molecule has 5 heteroatoms. The lowest BCUT2D eigenvalue weighted by molar-refractivity contribution is -0.136. The van der Waals surface area contributed by atoms with Gasteiger partial charge in [0.25, 0.3) is 5.91 Å². The van der Waals surface area contributed by atoms with E-state index in [-0.39, 0.29) is 29.8 Å². The number of hydrogen-bond acceptors (Lipinski definition) is 2. The standard InChI is InChI=1S/C7H13NO3S/c1-12(2)5-6(9)8-4-3-7(10)11/h3-5H2,1-2H3,(H-,8,9,10,11)/p+1. The lowest BCUT2D eigenvalue weighted by atomic mass is 10.4. The Balaban J connectivity index is 3.38. The second kappa shape index (κ2) is 5.88. The van der Waals surface area contributed by atoms with Crippen LogP contribution < -0.4 is 5.32 Å². The summed E-state index contributed by atoms with van der Waals surface area (Å²) in [5.74, 6) is -0.466. The van der Waals surface area contributed by atoms with Gasteiger partial charge in [-0.25, -0.2) is 0 Å². The second-order valence-electron chi connectivity index (χ2n) is 2.62. The fourth-order valence-electron chi connectivity index (χ4n) is 0.622. The summed E-state index contributed by atoms with van der Waals surface area (Å²) in [5.41, 5.74) is 0. The Labute approximate surface area is 74.7 Å². The van der Waals surface area contributed by atoms with Gasteiger partial charge in [-0.1, -0.05) is 0 Å². The molecule has 0 atom stereocenters. The minimum absolute atomic E-state index is 0.00700. The van der Waals surface area contributed by atoms with Gasteiger partial charge in [-0.15, -0.1) is 0 Å². The molecule has 0 aromatic heterocycles. The van der Waals surface area contributed by atoms with Crippen molar-refractivity contribution in [2.45, 2.75) is 6.42 Å². The SMILES string of the molecule is C[S+](C)CC(=O)NCCC(=O)O. The maximum Gasteiger partial charge on any atom is 0.305 e. The molecule has 0 aromatic rings. The van der Waals surface area contributed by atoms with Crippen molar-refractivity contribution in [3.63, 3.8) is 0 Å². The van der Waals surface area contributed by atoms with Crippen molar-refractivity contribution in [3.8, 4) is 0 Å². The molecule has 0 heterocycles. The quantitative estimate of drug-likeness (QED) is 0.575. The van der Waals surface area contributed by atoms with E-state index in [1.54, 1.807) is 0 Å². The monoisotopic (exact) mass is 192 g/mol. The first kappa shape index (κ1) is 11.3. The van der Waals surface area contributed by atoms with E-state index in [9.17, 15) is 9.59 Å². The van der Waals surface area contributed by atoms with E-state index in [2.05, 4.69) is 5.32 Å². The van der Waals surface area contributed by atoms with Crippen LogP contribution in [-0.4, -0.2) is 41.8 Å². The van der Waals surface area contributed by atoms with Gasteiger partial charge in [0.05, 0.1) is 18.9 Å². The number of nitrogens with one attached hydrogen (secondary N) is 1. The molecule has 70 valence electrons. The third-order valence-electron chi connectivity index (χ3n) is 1.08. The molecule has 12 heavy (non-hydrogen) atoms. The maximum atomic E-state index is 10.9. The second-order valence-corrected chi connectivity index (χ2v) is 4.88. The minimum Gasteiger partial charge on any atom is -0.481 e. The topological polar surface area (TPSA) is 66.4 Å². The Morgan fingerprint density at radius 2 is 2.00 bits per heavy atom. The molecule has 1 amide bonds. The number of rotatable bonds is 5. The number of aliphatic carboxylic acids is 1. The van der Waals surface area contributed by atoms with Crippen LogP contribution >= 0.6 is 0 Å². The van der Waals surface area contributed by atoms with Gasteiger partial charge in [0.1, 0.15) is 0 Å². The van der Waals surface area contributed by atoms with Crippen LogP contribution in [0.25, 0.3) is 0 Å². The summed E-state index contributed by atoms with van der Waals surface area (Å²) in [7, 11) is 0.0807. The molecule has 0 aliphatic carbocycles. The van der Waals surface area contributed by atoms with Crippen LogP contribution in [0.5, 0.6) is 0 Å². The van der Waals surface area contributed by atoms with Gasteiger partial charge in [-0.3, -0.25) is 9.59 Å². The van der Waals surface area contributed by atoms with Crippen LogP contribution in [0.1, 0.15) is 6.42 Å². The highest BCUT2D eigenvalue weighted by molar-refractivity contribution is 7.96. The van der Waals surface area contributed by atoms with Gasteiger partial charge < -0.3 is 10.4 Å². The third kappa shape index (κ3) is 7.40. The van der Waals surface area contributed by atoms with E-state index < -0.39 is 5.97 Å². The highest BCUT2D eigenvalue weighted by Crippen LogP contribution is 1.83. The van der Waals surface area contributed by atoms with Crippen molar-refractivity contribution in [1.29, 1.82) is 0 Å². The number of amides is 1. The Bertz CT molecular complexity index is 170. The molecule has 0 saturated carbocycles. The number of carbonyl (C=O) groups excluding carboxylic acids is 1. The molecular formula is C7H14NO3S+. The Hall–Kier alpha value is -0.710. The fraction of sp³-hybridized carbons (Fsp3) is 0.714. The predicted molar refractivity (Wildman–Crippen MR) is 49.3 cm³/mol. The molecule has 0 aromatic carbocycles. The lowest BCUT2D eigenvalue weighted by Gasteiger charge is -2.00. The van der Waals surface area contributed by atoms with E-state index in [1.165, 1.54) is 0 Å². The fourth-order valence-corrected chi connectivity index (χ4v) is 1.25. The molecule has 4 nitrogen and oxygen atoms in total. The molecule has 0 saturated heterocycles. The molecule has 0 bridgehead atoms. The van der Waals surface area contributed by atoms with E-state index >= 15 is 0 Å². The third-order valence-corrected chi connectivity index (χ3v) is 1.92. The first-order valence-electron chi connectivity index (χ1n) is 3.55. The molecule has 0 radical (unpaired) electrons. The van der Waals surface area contributed by atoms with Crippen molar-refractivity contribution in [3.05, 3.63) is 0 Å². The van der Waals surface area contributed by atoms with Gasteiger partial charge >= 0.3 is 5.97 Å². The smallest absolute Gasteiger partial charge is 0.305 e. The first-order valence-corrected chi connectivity index (χ1v) is 5.76. The summed E-state index contributed by atoms with van der Waals surface area (Å²) in [6.07, 6.45) is 3.93. The molecule has 0 aliphatic rings. The molecule has 0 unspecified atom stereocenters. The molecule has 0 aliphatic heterocycles. The van der Waals surface area contributed by atoms with E-state index in [0.29, 0.717) is 5.75 Å². The number of carbonyl (C=O) groups is 2. The molecule has 0 spiro atoms. The Kier molecular flexibility index (Phi) is 5.53. The van der Waals surface area contributed by atoms with Crippen molar-refractivity contribution < 1.29 is 14.7 Å². The van der Waals surface area contributed by atoms with Crippen molar-refractivity contribution in [2.24, 2.45) is 0 Å². The average Bonchev–Trinajstić information content (AvgIpc) is 1.84. The summed E-state index contributed by atoms with van der Waals surface area (Å²) in [5, 5.41) is 10.8. The molecule has 0 rings (SSSR count). The van der Waals surface area contributed by atoms with Crippen LogP contribution in [0.15, 0.2) is 0 Å². The predicted octanol–water partition coefficient (Wildman–Crippen LogP) is -0.545. The highest BCUT2D eigenvalue weighted by Gasteiger charge is 2.10. The van der Waals surface area contributed by atoms with Gasteiger partial charge in [0.15, 0.2) is 5.75 Å². The van der Waals surface area contributed by atoms with Crippen LogP contribution in [0.3, 0.4) is 0 Å². The Morgan fingerprint density at radius 1 is 1.42 bits per heavy atom. The summed E-state index contributed by atoms with van der Waals surface area (Å²) in [6, 6.07) is 0. The van der Waals surface area contributed by atoms with E-state index in [1.807, 2.05) is 12.5 Å². The number of carboxylic acid groups (broad SMARTS) is 1. The molecule has 0 fully saturated rings. The van der Waals surface area contributed by atoms with Crippen LogP contribution in [-0.2, 0) is 20.5 Å². The van der Waals surface area contributed by atoms with Gasteiger partial charge in [0, 0.05) is 6.54 Å². The zero-order valence-electron chi connectivity index (χ0n) is 7.29. The highest BCUT2D eigenvalue weighted by atomic mass is 32.2. The summed E-state index contributed by atoms with van der Waals surface area (Å²) in [6.45, 7) is 0.228. The average molecular weight is 192 g/mol. The van der Waals surface area contributed by atoms with Crippen molar-refractivity contribution in [2.75, 3.05) is 24.8 Å². The van der Waals surface area contributed by atoms with Crippen molar-refractivity contribution >= 4 is 22.8 Å². The first-order chi connectivity index (χ1) is 5.52. The normalized spacial score (nSPS) is 9.92. The van der Waals surface area contributed by atoms with Crippen molar-refractivity contribution in [1.82, 2.24) is 5.32 Å². The van der Waals surface area contributed by atoms with Crippen LogP contribution in [0, 0.1) is 0 Å². The van der Waals surface area contributed by atoms with Gasteiger partial charge in [-0.2, -0.15) is 0 Å². The summed E-state index contributed by atoms with van der Waals surface area (Å²) >= 11 is 0. The maximum absolute atomic E-state index is 10.9. The number of hydrogen-bond donors (Lipinski definition) is 2. The summed E-state index contributed by atoms with van der Waals surface area (Å²) < 4.78 is 0. The molecular weight excluding hydrogens is 178 g/mol. The van der Waals surface area contributed by atoms with Crippen LogP contribution in [0.4, 0.5) is 0 Å². The largest absolute Gasteiger partial charge is 0.481 e. The Morgan fingerprint density at radius 3 is 2.42 bits per heavy atom. The van der Waals surface area contributed by atoms with Crippen LogP contribution in [0.2, 0.25) is 0 Å². The minimum atomic E-state index is -0.887.